The van der Waals surface area contributed by atoms with Crippen LogP contribution in [0.3, 0.4) is 0 Å². The first-order chi connectivity index (χ1) is 7.65. The second-order valence-electron chi connectivity index (χ2n) is 3.45. The Bertz CT molecular complexity index is 595. The van der Waals surface area contributed by atoms with Gasteiger partial charge < -0.3 is 9.84 Å². The molecule has 2 heterocycles. The van der Waals surface area contributed by atoms with Crippen LogP contribution in [0, 0.1) is 6.92 Å². The fourth-order valence-corrected chi connectivity index (χ4v) is 1.61. The number of aromatic amines is 1. The standard InChI is InChI=1S/C11H12N2O3/c1-3-16-11(15)8-6-12-13-5-4-7(2)9(13)10(8)14/h4-6,12H,3H2,1-2H3. The second kappa shape index (κ2) is 3.84. The molecule has 5 nitrogen and oxygen atoms in total. The Morgan fingerprint density at radius 1 is 1.56 bits per heavy atom. The summed E-state index contributed by atoms with van der Waals surface area (Å²) in [5.41, 5.74) is 1.04. The van der Waals surface area contributed by atoms with E-state index in [4.69, 9.17) is 4.74 Å². The molecule has 0 amide bonds. The normalized spacial score (nSPS) is 10.6. The summed E-state index contributed by atoms with van der Waals surface area (Å²) >= 11 is 0. The summed E-state index contributed by atoms with van der Waals surface area (Å²) in [6.45, 7) is 3.77. The van der Waals surface area contributed by atoms with Crippen LogP contribution in [0.15, 0.2) is 23.3 Å². The Labute approximate surface area is 91.6 Å². The number of ether oxygens (including phenoxy) is 1. The van der Waals surface area contributed by atoms with E-state index < -0.39 is 5.97 Å². The number of H-pyrrole nitrogens is 1. The summed E-state index contributed by atoms with van der Waals surface area (Å²) in [4.78, 5) is 23.5. The summed E-state index contributed by atoms with van der Waals surface area (Å²) in [6.07, 6.45) is 3.10. The first kappa shape index (κ1) is 10.5. The van der Waals surface area contributed by atoms with Crippen molar-refractivity contribution in [1.82, 2.24) is 9.61 Å². The molecule has 84 valence electrons. The highest BCUT2D eigenvalue weighted by Crippen LogP contribution is 2.06. The summed E-state index contributed by atoms with van der Waals surface area (Å²) in [5, 5.41) is 2.84. The van der Waals surface area contributed by atoms with Crippen molar-refractivity contribution in [3.63, 3.8) is 0 Å². The molecule has 0 unspecified atom stereocenters. The molecule has 0 bridgehead atoms. The zero-order valence-corrected chi connectivity index (χ0v) is 9.11. The molecule has 5 heteroatoms. The van der Waals surface area contributed by atoms with Crippen LogP contribution >= 0.6 is 0 Å². The summed E-state index contributed by atoms with van der Waals surface area (Å²) in [5.74, 6) is -0.591. The Morgan fingerprint density at radius 3 is 3.00 bits per heavy atom. The molecular formula is C11H12N2O3. The highest BCUT2D eigenvalue weighted by Gasteiger charge is 2.15. The lowest BCUT2D eigenvalue weighted by Gasteiger charge is -2.02. The fraction of sp³-hybridized carbons (Fsp3) is 0.273. The van der Waals surface area contributed by atoms with Gasteiger partial charge in [-0.15, -0.1) is 0 Å². The number of fused-ring (bicyclic) bond motifs is 1. The first-order valence-corrected chi connectivity index (χ1v) is 5.01. The Kier molecular flexibility index (Phi) is 2.52. The highest BCUT2D eigenvalue weighted by atomic mass is 16.5. The van der Waals surface area contributed by atoms with Gasteiger partial charge in [0.25, 0.3) is 0 Å². The van der Waals surface area contributed by atoms with Gasteiger partial charge in [-0.2, -0.15) is 0 Å². The number of esters is 1. The smallest absolute Gasteiger partial charge is 0.343 e. The molecule has 0 atom stereocenters. The number of aryl methyl sites for hydroxylation is 1. The number of carbonyl (C=O) groups is 1. The number of rotatable bonds is 2. The molecule has 0 aliphatic heterocycles. The quantitative estimate of drug-likeness (QED) is 0.771. The van der Waals surface area contributed by atoms with E-state index in [0.29, 0.717) is 5.52 Å². The third kappa shape index (κ3) is 1.50. The first-order valence-electron chi connectivity index (χ1n) is 5.01. The number of hydrogen-bond acceptors (Lipinski definition) is 3. The molecule has 0 radical (unpaired) electrons. The van der Waals surface area contributed by atoms with Crippen LogP contribution in [-0.2, 0) is 4.74 Å². The molecule has 0 fully saturated rings. The monoisotopic (exact) mass is 220 g/mol. The molecule has 16 heavy (non-hydrogen) atoms. The highest BCUT2D eigenvalue weighted by molar-refractivity contribution is 5.90. The largest absolute Gasteiger partial charge is 0.462 e. The molecule has 0 saturated carbocycles. The maximum atomic E-state index is 12.0. The third-order valence-corrected chi connectivity index (χ3v) is 2.39. The summed E-state index contributed by atoms with van der Waals surface area (Å²) < 4.78 is 6.39. The van der Waals surface area contributed by atoms with E-state index in [9.17, 15) is 9.59 Å². The van der Waals surface area contributed by atoms with E-state index in [2.05, 4.69) is 5.10 Å². The molecule has 0 saturated heterocycles. The van der Waals surface area contributed by atoms with Crippen molar-refractivity contribution < 1.29 is 9.53 Å². The summed E-state index contributed by atoms with van der Waals surface area (Å²) in [6, 6.07) is 1.81. The van der Waals surface area contributed by atoms with Crippen LogP contribution in [0.25, 0.3) is 5.52 Å². The maximum absolute atomic E-state index is 12.0. The third-order valence-electron chi connectivity index (χ3n) is 2.39. The zero-order valence-electron chi connectivity index (χ0n) is 9.11. The van der Waals surface area contributed by atoms with Gasteiger partial charge in [-0.05, 0) is 25.5 Å². The van der Waals surface area contributed by atoms with Gasteiger partial charge in [-0.25, -0.2) is 4.79 Å². The van der Waals surface area contributed by atoms with Crippen molar-refractivity contribution in [1.29, 1.82) is 0 Å². The van der Waals surface area contributed by atoms with Crippen LogP contribution in [0.5, 0.6) is 0 Å². The minimum absolute atomic E-state index is 0.0381. The van der Waals surface area contributed by atoms with Crippen LogP contribution in [-0.4, -0.2) is 22.2 Å². The van der Waals surface area contributed by atoms with Crippen LogP contribution in [0.2, 0.25) is 0 Å². The average molecular weight is 220 g/mol. The van der Waals surface area contributed by atoms with Gasteiger partial charge in [0.05, 0.1) is 6.61 Å². The molecule has 2 aromatic heterocycles. The minimum Gasteiger partial charge on any atom is -0.462 e. The second-order valence-corrected chi connectivity index (χ2v) is 3.45. The number of hydrogen-bond donors (Lipinski definition) is 1. The minimum atomic E-state index is -0.591. The van der Waals surface area contributed by atoms with Gasteiger partial charge in [-0.3, -0.25) is 9.31 Å². The van der Waals surface area contributed by atoms with Crippen molar-refractivity contribution in [2.75, 3.05) is 6.61 Å². The van der Waals surface area contributed by atoms with Gasteiger partial charge in [-0.1, -0.05) is 0 Å². The van der Waals surface area contributed by atoms with E-state index in [1.807, 2.05) is 13.0 Å². The number of carbonyl (C=O) groups excluding carboxylic acids is 1. The molecule has 2 rings (SSSR count). The van der Waals surface area contributed by atoms with E-state index in [1.165, 1.54) is 6.20 Å². The Balaban J connectivity index is 2.64. The lowest BCUT2D eigenvalue weighted by Crippen LogP contribution is -2.20. The van der Waals surface area contributed by atoms with Crippen molar-refractivity contribution in [2.45, 2.75) is 13.8 Å². The van der Waals surface area contributed by atoms with Gasteiger partial charge in [0.15, 0.2) is 0 Å². The van der Waals surface area contributed by atoms with Crippen LogP contribution in [0.1, 0.15) is 22.8 Å². The molecule has 0 aliphatic rings. The molecule has 0 spiro atoms. The van der Waals surface area contributed by atoms with Crippen molar-refractivity contribution in [2.24, 2.45) is 0 Å². The van der Waals surface area contributed by atoms with Crippen LogP contribution in [0.4, 0.5) is 0 Å². The van der Waals surface area contributed by atoms with Gasteiger partial charge in [0, 0.05) is 12.4 Å². The predicted molar refractivity (Wildman–Crippen MR) is 58.7 cm³/mol. The average Bonchev–Trinajstić information content (AvgIpc) is 2.62. The van der Waals surface area contributed by atoms with E-state index >= 15 is 0 Å². The van der Waals surface area contributed by atoms with Gasteiger partial charge in [0.1, 0.15) is 11.1 Å². The topological polar surface area (TPSA) is 63.6 Å². The van der Waals surface area contributed by atoms with Crippen molar-refractivity contribution in [3.8, 4) is 0 Å². The Hall–Kier alpha value is -2.04. The van der Waals surface area contributed by atoms with Gasteiger partial charge in [0.2, 0.25) is 5.43 Å². The number of aromatic nitrogens is 2. The van der Waals surface area contributed by atoms with Crippen molar-refractivity contribution >= 4 is 11.5 Å². The van der Waals surface area contributed by atoms with Crippen LogP contribution < -0.4 is 5.43 Å². The zero-order chi connectivity index (χ0) is 11.7. The Morgan fingerprint density at radius 2 is 2.31 bits per heavy atom. The molecule has 0 aromatic carbocycles. The van der Waals surface area contributed by atoms with E-state index in [-0.39, 0.29) is 17.6 Å². The molecule has 2 aromatic rings. The van der Waals surface area contributed by atoms with E-state index in [1.54, 1.807) is 17.6 Å². The lowest BCUT2D eigenvalue weighted by molar-refractivity contribution is 0.0524. The molecule has 0 aliphatic carbocycles. The molecule has 1 N–H and O–H groups in total. The SMILES string of the molecule is CCOC(=O)c1c[nH]n2ccc(C)c2c1=O. The number of nitrogens with zero attached hydrogens (tertiary/aromatic N) is 1. The summed E-state index contributed by atoms with van der Waals surface area (Å²) in [7, 11) is 0. The van der Waals surface area contributed by atoms with Crippen molar-refractivity contribution in [3.05, 3.63) is 39.8 Å². The van der Waals surface area contributed by atoms with Gasteiger partial charge >= 0.3 is 5.97 Å². The van der Waals surface area contributed by atoms with E-state index in [0.717, 1.165) is 5.56 Å². The number of nitrogens with one attached hydrogen (secondary N) is 1. The molecular weight excluding hydrogens is 208 g/mol. The lowest BCUT2D eigenvalue weighted by atomic mass is 10.2. The predicted octanol–water partition coefficient (Wildman–Crippen LogP) is 1.11. The fourth-order valence-electron chi connectivity index (χ4n) is 1.61. The maximum Gasteiger partial charge on any atom is 0.343 e.